The number of fused-ring (bicyclic) bond motifs is 1. The fourth-order valence-electron chi connectivity index (χ4n) is 2.91. The molecule has 4 rings (SSSR count). The second-order valence-electron chi connectivity index (χ2n) is 6.33. The third kappa shape index (κ3) is 4.01. The Morgan fingerprint density at radius 2 is 2.13 bits per heavy atom. The van der Waals surface area contributed by atoms with Gasteiger partial charge in [-0.25, -0.2) is 4.98 Å². The number of carbonyl (C=O) groups is 1. The maximum absolute atomic E-state index is 12.6. The number of ether oxygens (including phenoxy) is 3. The van der Waals surface area contributed by atoms with Gasteiger partial charge in [0.1, 0.15) is 10.8 Å². The van der Waals surface area contributed by atoms with Crippen molar-refractivity contribution >= 4 is 34.8 Å². The van der Waals surface area contributed by atoms with Gasteiger partial charge in [0.15, 0.2) is 23.2 Å². The van der Waals surface area contributed by atoms with Crippen LogP contribution >= 0.6 is 22.9 Å². The second-order valence-corrected chi connectivity index (χ2v) is 7.63. The molecule has 1 unspecified atom stereocenters. The lowest BCUT2D eigenvalue weighted by Crippen LogP contribution is -2.07. The van der Waals surface area contributed by atoms with Gasteiger partial charge in [0.05, 0.1) is 23.9 Å². The number of benzene rings is 2. The van der Waals surface area contributed by atoms with Gasteiger partial charge in [0, 0.05) is 10.9 Å². The van der Waals surface area contributed by atoms with E-state index in [1.165, 1.54) is 17.4 Å². The highest BCUT2D eigenvalue weighted by atomic mass is 35.5. The molecule has 8 heteroatoms. The van der Waals surface area contributed by atoms with Gasteiger partial charge in [-0.05, 0) is 48.0 Å². The van der Waals surface area contributed by atoms with E-state index in [4.69, 9.17) is 25.8 Å². The monoisotopic (exact) mass is 438 g/mol. The first-order chi connectivity index (χ1) is 14.6. The minimum atomic E-state index is -0.984. The normalized spacial score (nSPS) is 13.2. The summed E-state index contributed by atoms with van der Waals surface area (Å²) in [5, 5.41) is 12.2. The Bertz CT molecular complexity index is 1160. The van der Waals surface area contributed by atoms with E-state index in [1.807, 2.05) is 35.7 Å². The van der Waals surface area contributed by atoms with Crippen molar-refractivity contribution in [2.45, 2.75) is 5.92 Å². The molecule has 0 N–H and O–H groups in total. The molecule has 0 amide bonds. The first-order valence-corrected chi connectivity index (χ1v) is 10.2. The maximum atomic E-state index is 12.6. The van der Waals surface area contributed by atoms with Crippen molar-refractivity contribution in [2.75, 3.05) is 13.9 Å². The van der Waals surface area contributed by atoms with Gasteiger partial charge in [-0.3, -0.25) is 4.79 Å². The number of methoxy groups -OCH3 is 1. The molecule has 0 saturated heterocycles. The number of ketones is 1. The van der Waals surface area contributed by atoms with Gasteiger partial charge in [0.25, 0.3) is 0 Å². The van der Waals surface area contributed by atoms with Crippen molar-refractivity contribution in [3.05, 3.63) is 63.4 Å². The van der Waals surface area contributed by atoms with E-state index in [9.17, 15) is 10.1 Å². The second kappa shape index (κ2) is 8.57. The summed E-state index contributed by atoms with van der Waals surface area (Å²) in [6.07, 6.45) is 2.95. The first kappa shape index (κ1) is 20.0. The van der Waals surface area contributed by atoms with E-state index in [2.05, 4.69) is 4.98 Å². The van der Waals surface area contributed by atoms with Crippen molar-refractivity contribution in [3.63, 3.8) is 0 Å². The lowest BCUT2D eigenvalue weighted by Gasteiger charge is -2.03. The molecule has 1 atom stereocenters. The molecule has 3 aromatic rings. The highest BCUT2D eigenvalue weighted by Crippen LogP contribution is 2.40. The Balaban J connectivity index is 1.52. The molecule has 1 aromatic heterocycles. The van der Waals surface area contributed by atoms with Gasteiger partial charge in [-0.2, -0.15) is 5.26 Å². The molecule has 0 saturated carbocycles. The quantitative estimate of drug-likeness (QED) is 0.498. The van der Waals surface area contributed by atoms with Crippen LogP contribution in [0.4, 0.5) is 0 Å². The average molecular weight is 439 g/mol. The van der Waals surface area contributed by atoms with Crippen LogP contribution in [0.25, 0.3) is 17.3 Å². The number of allylic oxidation sites excluding steroid dienone is 1. The molecule has 1 aliphatic heterocycles. The molecule has 0 fully saturated rings. The summed E-state index contributed by atoms with van der Waals surface area (Å²) in [5.41, 5.74) is 2.26. The smallest absolute Gasteiger partial charge is 0.231 e. The number of nitriles is 1. The largest absolute Gasteiger partial charge is 0.497 e. The Morgan fingerprint density at radius 1 is 1.33 bits per heavy atom. The number of aromatic nitrogens is 1. The Hall–Kier alpha value is -3.34. The predicted molar refractivity (Wildman–Crippen MR) is 114 cm³/mol. The molecule has 2 aromatic carbocycles. The van der Waals surface area contributed by atoms with Crippen LogP contribution in [0.2, 0.25) is 5.02 Å². The van der Waals surface area contributed by atoms with Crippen LogP contribution < -0.4 is 14.2 Å². The summed E-state index contributed by atoms with van der Waals surface area (Å²) in [7, 11) is 1.60. The minimum absolute atomic E-state index is 0.109. The lowest BCUT2D eigenvalue weighted by atomic mass is 10.0. The molecule has 0 aliphatic carbocycles. The zero-order valence-corrected chi connectivity index (χ0v) is 17.4. The van der Waals surface area contributed by atoms with Crippen LogP contribution in [-0.4, -0.2) is 24.7 Å². The highest BCUT2D eigenvalue weighted by Gasteiger charge is 2.22. The summed E-state index contributed by atoms with van der Waals surface area (Å²) in [5.74, 6) is 0.414. The number of hydrogen-bond acceptors (Lipinski definition) is 7. The van der Waals surface area contributed by atoms with Gasteiger partial charge in [-0.1, -0.05) is 17.7 Å². The lowest BCUT2D eigenvalue weighted by molar-refractivity contribution is -0.114. The molecular formula is C22H15ClN2O4S. The van der Waals surface area contributed by atoms with E-state index in [1.54, 1.807) is 25.3 Å². The van der Waals surface area contributed by atoms with Gasteiger partial charge in [-0.15, -0.1) is 11.3 Å². The molecule has 0 bridgehead atoms. The van der Waals surface area contributed by atoms with Crippen LogP contribution in [0.15, 0.2) is 47.9 Å². The average Bonchev–Trinajstić information content (AvgIpc) is 3.43. The van der Waals surface area contributed by atoms with E-state index < -0.39 is 5.92 Å². The van der Waals surface area contributed by atoms with Crippen molar-refractivity contribution in [1.29, 1.82) is 5.26 Å². The minimum Gasteiger partial charge on any atom is -0.497 e. The Morgan fingerprint density at radius 3 is 2.87 bits per heavy atom. The third-order valence-electron chi connectivity index (χ3n) is 4.46. The van der Waals surface area contributed by atoms with Crippen LogP contribution in [0.3, 0.4) is 0 Å². The topological polar surface area (TPSA) is 81.4 Å². The summed E-state index contributed by atoms with van der Waals surface area (Å²) in [4.78, 5) is 17.1. The van der Waals surface area contributed by atoms with Crippen LogP contribution in [0.5, 0.6) is 17.2 Å². The Kier molecular flexibility index (Phi) is 5.70. The number of rotatable bonds is 6. The molecule has 1 aliphatic rings. The standard InChI is InChI=1S/C22H15ClN2O4S/c1-27-15-5-3-14(4-6-15)18-11-30-22(25-18)16(10-24)19(26)7-2-13-8-17(23)21-20(9-13)28-12-29-21/h2-9,11,16H,12H2,1H3. The van der Waals surface area contributed by atoms with E-state index >= 15 is 0 Å². The van der Waals surface area contributed by atoms with Gasteiger partial charge in [0.2, 0.25) is 6.79 Å². The van der Waals surface area contributed by atoms with E-state index in [-0.39, 0.29) is 12.6 Å². The van der Waals surface area contributed by atoms with Gasteiger partial charge < -0.3 is 14.2 Å². The zero-order chi connectivity index (χ0) is 21.1. The van der Waals surface area contributed by atoms with Crippen LogP contribution in [0, 0.1) is 11.3 Å². The number of halogens is 1. The molecule has 150 valence electrons. The molecule has 0 spiro atoms. The molecular weight excluding hydrogens is 424 g/mol. The fraction of sp³-hybridized carbons (Fsp3) is 0.136. The van der Waals surface area contributed by atoms with Crippen molar-refractivity contribution in [2.24, 2.45) is 0 Å². The highest BCUT2D eigenvalue weighted by molar-refractivity contribution is 7.10. The fourth-order valence-corrected chi connectivity index (χ4v) is 4.06. The van der Waals surface area contributed by atoms with Crippen LogP contribution in [0.1, 0.15) is 16.5 Å². The molecule has 30 heavy (non-hydrogen) atoms. The number of thiazole rings is 1. The van der Waals surface area contributed by atoms with Crippen LogP contribution in [-0.2, 0) is 4.79 Å². The maximum Gasteiger partial charge on any atom is 0.231 e. The first-order valence-electron chi connectivity index (χ1n) is 8.89. The summed E-state index contributed by atoms with van der Waals surface area (Å²) >= 11 is 7.44. The SMILES string of the molecule is COc1ccc(-c2csc(C(C#N)C(=O)C=Cc3cc(Cl)c4c(c3)OCO4)n2)cc1. The molecule has 6 nitrogen and oxygen atoms in total. The molecule has 2 heterocycles. The van der Waals surface area contributed by atoms with E-state index in [0.717, 1.165) is 11.3 Å². The van der Waals surface area contributed by atoms with Crippen molar-refractivity contribution < 1.29 is 19.0 Å². The number of nitrogens with zero attached hydrogens (tertiary/aromatic N) is 2. The zero-order valence-electron chi connectivity index (χ0n) is 15.8. The number of hydrogen-bond donors (Lipinski definition) is 0. The van der Waals surface area contributed by atoms with Crippen molar-refractivity contribution in [1.82, 2.24) is 4.98 Å². The Labute approximate surface area is 181 Å². The number of carbonyl (C=O) groups excluding carboxylic acids is 1. The summed E-state index contributed by atoms with van der Waals surface area (Å²) < 4.78 is 15.8. The van der Waals surface area contributed by atoms with Gasteiger partial charge >= 0.3 is 0 Å². The summed E-state index contributed by atoms with van der Waals surface area (Å²) in [6, 6.07) is 12.9. The van der Waals surface area contributed by atoms with E-state index in [0.29, 0.717) is 32.8 Å². The van der Waals surface area contributed by atoms with Crippen molar-refractivity contribution in [3.8, 4) is 34.6 Å². The summed E-state index contributed by atoms with van der Waals surface area (Å²) in [6.45, 7) is 0.109. The molecule has 0 radical (unpaired) electrons. The third-order valence-corrected chi connectivity index (χ3v) is 5.65. The predicted octanol–water partition coefficient (Wildman–Crippen LogP) is 5.09.